The first kappa shape index (κ1) is 18.7. The van der Waals surface area contributed by atoms with E-state index in [1.54, 1.807) is 4.90 Å². The highest BCUT2D eigenvalue weighted by molar-refractivity contribution is 5.95. The van der Waals surface area contributed by atoms with Gasteiger partial charge in [0, 0.05) is 12.2 Å². The number of rotatable bonds is 7. The number of carbonyl (C=O) groups excluding carboxylic acids is 2. The Morgan fingerprint density at radius 1 is 1.00 bits per heavy atom. The molecule has 0 spiro atoms. The largest absolute Gasteiger partial charge is 0.333 e. The molecule has 2 rings (SSSR count). The normalized spacial score (nSPS) is 10.4. The number of nitrogens with one attached hydrogen (secondary N) is 1. The lowest BCUT2D eigenvalue weighted by atomic mass is 10.1. The molecule has 0 bridgehead atoms. The minimum absolute atomic E-state index is 0.0226. The van der Waals surface area contributed by atoms with Crippen LogP contribution in [0, 0.1) is 13.8 Å². The molecule has 0 aliphatic heterocycles. The molecule has 0 unspecified atom stereocenters. The number of anilines is 1. The molecule has 0 fully saturated rings. The fourth-order valence-electron chi connectivity index (χ4n) is 2.63. The monoisotopic (exact) mass is 338 g/mol. The predicted octanol–water partition coefficient (Wildman–Crippen LogP) is 3.72. The first-order valence-corrected chi connectivity index (χ1v) is 8.68. The lowest BCUT2D eigenvalue weighted by Gasteiger charge is -2.22. The van der Waals surface area contributed by atoms with Crippen molar-refractivity contribution in [3.63, 3.8) is 0 Å². The van der Waals surface area contributed by atoms with E-state index in [1.807, 2.05) is 69.3 Å². The minimum atomic E-state index is -0.167. The molecule has 0 radical (unpaired) electrons. The number of aryl methyl sites for hydroxylation is 2. The van der Waals surface area contributed by atoms with Gasteiger partial charge in [-0.1, -0.05) is 55.0 Å². The molecule has 0 saturated carbocycles. The first-order valence-electron chi connectivity index (χ1n) is 8.68. The molecule has 0 aliphatic carbocycles. The van der Waals surface area contributed by atoms with E-state index >= 15 is 0 Å². The zero-order valence-corrected chi connectivity index (χ0v) is 15.2. The van der Waals surface area contributed by atoms with Gasteiger partial charge >= 0.3 is 0 Å². The number of carbonyl (C=O) groups is 2. The molecular weight excluding hydrogens is 312 g/mol. The van der Waals surface area contributed by atoms with Gasteiger partial charge in [-0.05, 0) is 37.5 Å². The number of nitrogens with zero attached hydrogens (tertiary/aromatic N) is 1. The summed E-state index contributed by atoms with van der Waals surface area (Å²) in [5, 5.41) is 2.89. The van der Waals surface area contributed by atoms with Crippen LogP contribution in [-0.4, -0.2) is 29.8 Å². The van der Waals surface area contributed by atoms with Crippen molar-refractivity contribution in [1.82, 2.24) is 4.90 Å². The molecule has 0 aromatic heterocycles. The Hall–Kier alpha value is -2.62. The molecule has 0 atom stereocenters. The third-order valence-corrected chi connectivity index (χ3v) is 4.08. The van der Waals surface area contributed by atoms with Crippen LogP contribution in [-0.2, 0) is 16.0 Å². The van der Waals surface area contributed by atoms with Crippen LogP contribution in [0.3, 0.4) is 0 Å². The van der Waals surface area contributed by atoms with Crippen molar-refractivity contribution in [2.24, 2.45) is 0 Å². The van der Waals surface area contributed by atoms with Crippen molar-refractivity contribution in [3.05, 3.63) is 65.2 Å². The van der Waals surface area contributed by atoms with Crippen LogP contribution < -0.4 is 5.32 Å². The third-order valence-electron chi connectivity index (χ3n) is 4.08. The van der Waals surface area contributed by atoms with Crippen LogP contribution >= 0.6 is 0 Å². The van der Waals surface area contributed by atoms with E-state index in [1.165, 1.54) is 5.56 Å². The molecule has 2 amide bonds. The minimum Gasteiger partial charge on any atom is -0.333 e. The summed E-state index contributed by atoms with van der Waals surface area (Å²) in [6.07, 6.45) is 1.13. The summed E-state index contributed by atoms with van der Waals surface area (Å²) < 4.78 is 0. The fourth-order valence-corrected chi connectivity index (χ4v) is 2.63. The SMILES string of the molecule is CCCN(CC(=O)Nc1ccccc1C)C(=O)Cc1ccc(C)cc1. The Bertz CT molecular complexity index is 723. The van der Waals surface area contributed by atoms with Crippen molar-refractivity contribution in [2.45, 2.75) is 33.6 Å². The summed E-state index contributed by atoms with van der Waals surface area (Å²) >= 11 is 0. The van der Waals surface area contributed by atoms with Crippen LogP contribution in [0.15, 0.2) is 48.5 Å². The van der Waals surface area contributed by atoms with Gasteiger partial charge in [-0.25, -0.2) is 0 Å². The summed E-state index contributed by atoms with van der Waals surface area (Å²) in [6, 6.07) is 15.5. The predicted molar refractivity (Wildman–Crippen MR) is 102 cm³/mol. The van der Waals surface area contributed by atoms with E-state index in [-0.39, 0.29) is 18.4 Å². The zero-order chi connectivity index (χ0) is 18.2. The van der Waals surface area contributed by atoms with Crippen molar-refractivity contribution in [3.8, 4) is 0 Å². The van der Waals surface area contributed by atoms with Gasteiger partial charge in [0.1, 0.15) is 0 Å². The molecule has 0 aliphatic rings. The van der Waals surface area contributed by atoms with Crippen LogP contribution in [0.1, 0.15) is 30.0 Å². The maximum atomic E-state index is 12.6. The average molecular weight is 338 g/mol. The van der Waals surface area contributed by atoms with Crippen LogP contribution in [0.4, 0.5) is 5.69 Å². The number of para-hydroxylation sites is 1. The number of amides is 2. The molecule has 2 aromatic rings. The lowest BCUT2D eigenvalue weighted by molar-refractivity contribution is -0.134. The van der Waals surface area contributed by atoms with Gasteiger partial charge < -0.3 is 10.2 Å². The molecule has 4 nitrogen and oxygen atoms in total. The number of hydrogen-bond donors (Lipinski definition) is 1. The topological polar surface area (TPSA) is 49.4 Å². The quantitative estimate of drug-likeness (QED) is 0.836. The molecule has 0 heterocycles. The van der Waals surface area contributed by atoms with E-state index in [4.69, 9.17) is 0 Å². The lowest BCUT2D eigenvalue weighted by Crippen LogP contribution is -2.39. The Kier molecular flexibility index (Phi) is 6.75. The maximum absolute atomic E-state index is 12.6. The summed E-state index contributed by atoms with van der Waals surface area (Å²) in [4.78, 5) is 26.6. The van der Waals surface area contributed by atoms with Crippen LogP contribution in [0.2, 0.25) is 0 Å². The highest BCUT2D eigenvalue weighted by Gasteiger charge is 2.17. The Labute approximate surface area is 149 Å². The summed E-state index contributed by atoms with van der Waals surface area (Å²) in [7, 11) is 0. The van der Waals surface area contributed by atoms with Crippen molar-refractivity contribution >= 4 is 17.5 Å². The highest BCUT2D eigenvalue weighted by atomic mass is 16.2. The smallest absolute Gasteiger partial charge is 0.244 e. The van der Waals surface area contributed by atoms with Crippen LogP contribution in [0.25, 0.3) is 0 Å². The summed E-state index contributed by atoms with van der Waals surface area (Å²) in [5.41, 5.74) is 3.93. The van der Waals surface area contributed by atoms with E-state index in [9.17, 15) is 9.59 Å². The Balaban J connectivity index is 1.99. The van der Waals surface area contributed by atoms with Gasteiger partial charge in [-0.2, -0.15) is 0 Å². The highest BCUT2D eigenvalue weighted by Crippen LogP contribution is 2.13. The summed E-state index contributed by atoms with van der Waals surface area (Å²) in [5.74, 6) is -0.189. The van der Waals surface area contributed by atoms with Gasteiger partial charge in [0.2, 0.25) is 11.8 Å². The van der Waals surface area contributed by atoms with E-state index < -0.39 is 0 Å². The van der Waals surface area contributed by atoms with Crippen molar-refractivity contribution in [1.29, 1.82) is 0 Å². The van der Waals surface area contributed by atoms with E-state index in [0.29, 0.717) is 13.0 Å². The summed E-state index contributed by atoms with van der Waals surface area (Å²) in [6.45, 7) is 6.62. The third kappa shape index (κ3) is 5.75. The van der Waals surface area contributed by atoms with E-state index in [0.717, 1.165) is 23.2 Å². The average Bonchev–Trinajstić information content (AvgIpc) is 2.58. The Morgan fingerprint density at radius 2 is 1.68 bits per heavy atom. The van der Waals surface area contributed by atoms with E-state index in [2.05, 4.69) is 5.32 Å². The van der Waals surface area contributed by atoms with Gasteiger partial charge in [-0.3, -0.25) is 9.59 Å². The van der Waals surface area contributed by atoms with Crippen molar-refractivity contribution < 1.29 is 9.59 Å². The zero-order valence-electron chi connectivity index (χ0n) is 15.2. The molecule has 4 heteroatoms. The second kappa shape index (κ2) is 9.02. The molecule has 0 saturated heterocycles. The van der Waals surface area contributed by atoms with Gasteiger partial charge in [0.05, 0.1) is 13.0 Å². The van der Waals surface area contributed by atoms with Gasteiger partial charge in [0.15, 0.2) is 0 Å². The molecule has 1 N–H and O–H groups in total. The number of benzene rings is 2. The van der Waals surface area contributed by atoms with Crippen molar-refractivity contribution in [2.75, 3.05) is 18.4 Å². The fraction of sp³-hybridized carbons (Fsp3) is 0.333. The standard InChI is InChI=1S/C21H26N2O2/c1-4-13-23(21(25)14-18-11-9-16(2)10-12-18)15-20(24)22-19-8-6-5-7-17(19)3/h5-12H,4,13-15H2,1-3H3,(H,22,24). The molecule has 25 heavy (non-hydrogen) atoms. The van der Waals surface area contributed by atoms with Gasteiger partial charge in [-0.15, -0.1) is 0 Å². The second-order valence-electron chi connectivity index (χ2n) is 6.34. The first-order chi connectivity index (χ1) is 12.0. The molecule has 2 aromatic carbocycles. The maximum Gasteiger partial charge on any atom is 0.244 e. The Morgan fingerprint density at radius 3 is 2.32 bits per heavy atom. The number of hydrogen-bond acceptors (Lipinski definition) is 2. The molecule has 132 valence electrons. The molecular formula is C21H26N2O2. The second-order valence-corrected chi connectivity index (χ2v) is 6.34. The van der Waals surface area contributed by atoms with Gasteiger partial charge in [0.25, 0.3) is 0 Å². The van der Waals surface area contributed by atoms with Crippen LogP contribution in [0.5, 0.6) is 0 Å².